The van der Waals surface area contributed by atoms with Crippen LogP contribution in [0, 0.1) is 5.92 Å². The molecule has 1 atom stereocenters. The van der Waals surface area contributed by atoms with Crippen LogP contribution in [0.3, 0.4) is 0 Å². The van der Waals surface area contributed by atoms with Crippen molar-refractivity contribution < 1.29 is 9.90 Å². The minimum atomic E-state index is -0.907. The molecule has 0 heterocycles. The summed E-state index contributed by atoms with van der Waals surface area (Å²) in [5.74, 6) is -0.361. The van der Waals surface area contributed by atoms with Gasteiger partial charge in [-0.3, -0.25) is 4.99 Å². The fraction of sp³-hybridized carbons (Fsp3) is 0.818. The van der Waals surface area contributed by atoms with Crippen LogP contribution in [0.15, 0.2) is 4.99 Å². The zero-order valence-corrected chi connectivity index (χ0v) is 9.42. The summed E-state index contributed by atoms with van der Waals surface area (Å²) in [5.41, 5.74) is 0.222. The van der Waals surface area contributed by atoms with Gasteiger partial charge in [-0.05, 0) is 19.3 Å². The van der Waals surface area contributed by atoms with E-state index >= 15 is 0 Å². The number of hydrogen-bond donors (Lipinski definition) is 1. The highest BCUT2D eigenvalue weighted by Crippen LogP contribution is 2.12. The smallest absolute Gasteiger partial charge is 0.349 e. The van der Waals surface area contributed by atoms with E-state index in [0.29, 0.717) is 12.5 Å². The van der Waals surface area contributed by atoms with E-state index in [1.54, 1.807) is 6.92 Å². The Labute approximate surface area is 86.2 Å². The Morgan fingerprint density at radius 3 is 2.50 bits per heavy atom. The molecule has 82 valence electrons. The second-order valence-electron chi connectivity index (χ2n) is 3.65. The Bertz CT molecular complexity index is 199. The first-order valence-electron chi connectivity index (χ1n) is 5.36. The largest absolute Gasteiger partial charge is 0.477 e. The number of unbranched alkanes of at least 4 members (excludes halogenated alkanes) is 1. The number of rotatable bonds is 7. The number of carboxylic acids is 1. The van der Waals surface area contributed by atoms with E-state index in [9.17, 15) is 4.79 Å². The minimum absolute atomic E-state index is 0.222. The fourth-order valence-corrected chi connectivity index (χ4v) is 1.25. The molecule has 0 aromatic heterocycles. The average molecular weight is 199 g/mol. The molecule has 0 rings (SSSR count). The van der Waals surface area contributed by atoms with E-state index in [4.69, 9.17) is 5.11 Å². The normalized spacial score (nSPS) is 14.1. The lowest BCUT2D eigenvalue weighted by molar-refractivity contribution is -0.129. The van der Waals surface area contributed by atoms with Crippen LogP contribution in [0.4, 0.5) is 0 Å². The van der Waals surface area contributed by atoms with Crippen molar-refractivity contribution in [3.8, 4) is 0 Å². The first kappa shape index (κ1) is 13.1. The van der Waals surface area contributed by atoms with Crippen molar-refractivity contribution in [1.29, 1.82) is 0 Å². The van der Waals surface area contributed by atoms with Gasteiger partial charge in [0.2, 0.25) is 0 Å². The molecular formula is C11H21NO2. The molecule has 0 saturated heterocycles. The number of hydrogen-bond acceptors (Lipinski definition) is 2. The number of aliphatic carboxylic acids is 1. The molecule has 0 aromatic carbocycles. The van der Waals surface area contributed by atoms with Crippen molar-refractivity contribution >= 4 is 11.7 Å². The van der Waals surface area contributed by atoms with E-state index in [1.807, 2.05) is 0 Å². The van der Waals surface area contributed by atoms with Gasteiger partial charge in [-0.1, -0.05) is 33.1 Å². The van der Waals surface area contributed by atoms with Gasteiger partial charge in [0.1, 0.15) is 5.71 Å². The minimum Gasteiger partial charge on any atom is -0.477 e. The van der Waals surface area contributed by atoms with Gasteiger partial charge in [-0.2, -0.15) is 0 Å². The molecule has 3 nitrogen and oxygen atoms in total. The lowest BCUT2D eigenvalue weighted by Gasteiger charge is -2.11. The Morgan fingerprint density at radius 1 is 1.43 bits per heavy atom. The molecule has 0 aliphatic heterocycles. The summed E-state index contributed by atoms with van der Waals surface area (Å²) in [4.78, 5) is 14.5. The van der Waals surface area contributed by atoms with E-state index in [1.165, 1.54) is 12.8 Å². The van der Waals surface area contributed by atoms with Crippen molar-refractivity contribution in [3.05, 3.63) is 0 Å². The standard InChI is InChI=1S/C11H21NO2/c1-4-6-7-10(5-2)8-12-9(3)11(13)14/h10H,4-8H2,1-3H3,(H,13,14). The Kier molecular flexibility index (Phi) is 7.07. The predicted octanol–water partition coefficient (Wildman–Crippen LogP) is 2.75. The summed E-state index contributed by atoms with van der Waals surface area (Å²) in [6.45, 7) is 6.51. The van der Waals surface area contributed by atoms with Gasteiger partial charge in [0.05, 0.1) is 0 Å². The maximum atomic E-state index is 10.5. The SMILES string of the molecule is CCCCC(CC)CN=C(C)C(=O)O. The van der Waals surface area contributed by atoms with Gasteiger partial charge >= 0.3 is 5.97 Å². The second kappa shape index (κ2) is 7.54. The molecule has 0 aromatic rings. The molecule has 0 fully saturated rings. The van der Waals surface area contributed by atoms with Gasteiger partial charge in [0.15, 0.2) is 0 Å². The van der Waals surface area contributed by atoms with Crippen LogP contribution in [0.25, 0.3) is 0 Å². The highest BCUT2D eigenvalue weighted by atomic mass is 16.4. The van der Waals surface area contributed by atoms with Crippen LogP contribution >= 0.6 is 0 Å². The fourth-order valence-electron chi connectivity index (χ4n) is 1.25. The molecule has 0 radical (unpaired) electrons. The molecule has 1 unspecified atom stereocenters. The lowest BCUT2D eigenvalue weighted by atomic mass is 10.00. The lowest BCUT2D eigenvalue weighted by Crippen LogP contribution is -2.11. The highest BCUT2D eigenvalue weighted by Gasteiger charge is 2.06. The van der Waals surface area contributed by atoms with Crippen LogP contribution in [0.1, 0.15) is 46.5 Å². The first-order chi connectivity index (χ1) is 6.61. The van der Waals surface area contributed by atoms with E-state index < -0.39 is 5.97 Å². The van der Waals surface area contributed by atoms with Crippen LogP contribution in [-0.2, 0) is 4.79 Å². The summed E-state index contributed by atoms with van der Waals surface area (Å²) in [7, 11) is 0. The topological polar surface area (TPSA) is 49.7 Å². The molecule has 0 amide bonds. The van der Waals surface area contributed by atoms with Gasteiger partial charge in [0.25, 0.3) is 0 Å². The zero-order chi connectivity index (χ0) is 11.0. The Balaban J connectivity index is 3.93. The molecule has 0 saturated carbocycles. The molecule has 14 heavy (non-hydrogen) atoms. The average Bonchev–Trinajstić information content (AvgIpc) is 2.17. The van der Waals surface area contributed by atoms with Crippen molar-refractivity contribution in [2.24, 2.45) is 10.9 Å². The van der Waals surface area contributed by atoms with Crippen LogP contribution < -0.4 is 0 Å². The third kappa shape index (κ3) is 5.73. The molecule has 3 heteroatoms. The Hall–Kier alpha value is -0.860. The summed E-state index contributed by atoms with van der Waals surface area (Å²) >= 11 is 0. The molecule has 0 aliphatic rings. The Morgan fingerprint density at radius 2 is 2.07 bits per heavy atom. The van der Waals surface area contributed by atoms with E-state index in [0.717, 1.165) is 12.8 Å². The zero-order valence-electron chi connectivity index (χ0n) is 9.42. The van der Waals surface area contributed by atoms with E-state index in [-0.39, 0.29) is 5.71 Å². The summed E-state index contributed by atoms with van der Waals surface area (Å²) < 4.78 is 0. The van der Waals surface area contributed by atoms with Crippen LogP contribution in [0.5, 0.6) is 0 Å². The third-order valence-corrected chi connectivity index (χ3v) is 2.44. The summed E-state index contributed by atoms with van der Waals surface area (Å²) in [5, 5.41) is 8.61. The van der Waals surface area contributed by atoms with Crippen molar-refractivity contribution in [2.45, 2.75) is 46.5 Å². The number of carbonyl (C=O) groups is 1. The predicted molar refractivity (Wildman–Crippen MR) is 58.9 cm³/mol. The van der Waals surface area contributed by atoms with E-state index in [2.05, 4.69) is 18.8 Å². The second-order valence-corrected chi connectivity index (χ2v) is 3.65. The van der Waals surface area contributed by atoms with Gasteiger partial charge in [0, 0.05) is 6.54 Å². The van der Waals surface area contributed by atoms with Gasteiger partial charge in [-0.25, -0.2) is 4.79 Å². The van der Waals surface area contributed by atoms with Gasteiger partial charge < -0.3 is 5.11 Å². The first-order valence-corrected chi connectivity index (χ1v) is 5.36. The number of nitrogens with zero attached hydrogens (tertiary/aromatic N) is 1. The maximum absolute atomic E-state index is 10.5. The van der Waals surface area contributed by atoms with Crippen molar-refractivity contribution in [3.63, 3.8) is 0 Å². The number of aliphatic imine (C=N–C) groups is 1. The molecular weight excluding hydrogens is 178 g/mol. The third-order valence-electron chi connectivity index (χ3n) is 2.44. The van der Waals surface area contributed by atoms with Crippen molar-refractivity contribution in [2.75, 3.05) is 6.54 Å². The molecule has 1 N–H and O–H groups in total. The van der Waals surface area contributed by atoms with Crippen LogP contribution in [-0.4, -0.2) is 23.3 Å². The molecule has 0 bridgehead atoms. The molecule has 0 spiro atoms. The van der Waals surface area contributed by atoms with Crippen molar-refractivity contribution in [1.82, 2.24) is 0 Å². The quantitative estimate of drug-likeness (QED) is 0.641. The summed E-state index contributed by atoms with van der Waals surface area (Å²) in [6.07, 6.45) is 4.64. The molecule has 0 aliphatic carbocycles. The highest BCUT2D eigenvalue weighted by molar-refractivity contribution is 6.34. The number of carboxylic acid groups (broad SMARTS) is 1. The maximum Gasteiger partial charge on any atom is 0.349 e. The van der Waals surface area contributed by atoms with Crippen LogP contribution in [0.2, 0.25) is 0 Å². The monoisotopic (exact) mass is 199 g/mol. The van der Waals surface area contributed by atoms with Gasteiger partial charge in [-0.15, -0.1) is 0 Å². The summed E-state index contributed by atoms with van der Waals surface area (Å²) in [6, 6.07) is 0.